The normalized spacial score (nSPS) is 10.5. The zero-order valence-electron chi connectivity index (χ0n) is 10.1. The van der Waals surface area contributed by atoms with Crippen LogP contribution in [0.2, 0.25) is 0 Å². The van der Waals surface area contributed by atoms with Crippen molar-refractivity contribution in [3.8, 4) is 17.0 Å². The van der Waals surface area contributed by atoms with Gasteiger partial charge in [-0.3, -0.25) is 0 Å². The highest BCUT2D eigenvalue weighted by Crippen LogP contribution is 2.29. The minimum atomic E-state index is 0.668. The van der Waals surface area contributed by atoms with E-state index in [2.05, 4.69) is 11.9 Å². The predicted molar refractivity (Wildman–Crippen MR) is 72.5 cm³/mol. The van der Waals surface area contributed by atoms with Crippen molar-refractivity contribution in [3.05, 3.63) is 28.6 Å². The highest BCUT2D eigenvalue weighted by atomic mass is 32.1. The van der Waals surface area contributed by atoms with Gasteiger partial charge in [0.25, 0.3) is 0 Å². The van der Waals surface area contributed by atoms with Crippen molar-refractivity contribution in [1.82, 2.24) is 4.98 Å². The maximum absolute atomic E-state index is 5.96. The highest BCUT2D eigenvalue weighted by Gasteiger charge is 2.06. The number of anilines is 1. The fraction of sp³-hybridized carbons (Fsp3) is 0.308. The number of aromatic nitrogens is 1. The van der Waals surface area contributed by atoms with Gasteiger partial charge in [-0.1, -0.05) is 6.92 Å². The summed E-state index contributed by atoms with van der Waals surface area (Å²) in [6.45, 7) is 4.76. The van der Waals surface area contributed by atoms with Crippen LogP contribution in [-0.4, -0.2) is 11.6 Å². The van der Waals surface area contributed by atoms with E-state index in [-0.39, 0.29) is 0 Å². The lowest BCUT2D eigenvalue weighted by Gasteiger charge is -2.08. The zero-order valence-corrected chi connectivity index (χ0v) is 10.9. The van der Waals surface area contributed by atoms with E-state index in [0.717, 1.165) is 28.4 Å². The smallest absolute Gasteiger partial charge is 0.142 e. The summed E-state index contributed by atoms with van der Waals surface area (Å²) in [5, 5.41) is 3.10. The Morgan fingerprint density at radius 3 is 2.82 bits per heavy atom. The third kappa shape index (κ3) is 2.77. The lowest BCUT2D eigenvalue weighted by Crippen LogP contribution is -1.99. The molecule has 1 aromatic carbocycles. The predicted octanol–water partition coefficient (Wildman–Crippen LogP) is 3.49. The van der Waals surface area contributed by atoms with Crippen LogP contribution in [0.3, 0.4) is 0 Å². The zero-order chi connectivity index (χ0) is 12.3. The van der Waals surface area contributed by atoms with Gasteiger partial charge in [-0.25, -0.2) is 4.98 Å². The van der Waals surface area contributed by atoms with Crippen LogP contribution >= 0.6 is 11.3 Å². The third-order valence-corrected chi connectivity index (χ3v) is 3.16. The number of nitrogens with two attached hydrogens (primary N) is 1. The summed E-state index contributed by atoms with van der Waals surface area (Å²) in [4.78, 5) is 4.44. The Hall–Kier alpha value is -1.55. The maximum Gasteiger partial charge on any atom is 0.142 e. The Balaban J connectivity index is 2.24. The van der Waals surface area contributed by atoms with Crippen LogP contribution in [0, 0.1) is 6.92 Å². The second-order valence-corrected chi connectivity index (χ2v) is 4.92. The van der Waals surface area contributed by atoms with Crippen LogP contribution in [-0.2, 0) is 0 Å². The summed E-state index contributed by atoms with van der Waals surface area (Å²) in [6.07, 6.45) is 0.979. The summed E-state index contributed by atoms with van der Waals surface area (Å²) < 4.78 is 5.54. The molecule has 0 saturated heterocycles. The molecular weight excluding hydrogens is 232 g/mol. The van der Waals surface area contributed by atoms with Gasteiger partial charge in [0.05, 0.1) is 23.0 Å². The van der Waals surface area contributed by atoms with Crippen molar-refractivity contribution in [2.45, 2.75) is 20.3 Å². The average Bonchev–Trinajstić information content (AvgIpc) is 2.74. The number of aryl methyl sites for hydroxylation is 1. The first-order valence-corrected chi connectivity index (χ1v) is 6.53. The number of thiazole rings is 1. The molecule has 3 nitrogen and oxygen atoms in total. The molecule has 0 aliphatic carbocycles. The average molecular weight is 248 g/mol. The Bertz CT molecular complexity index is 508. The fourth-order valence-corrected chi connectivity index (χ4v) is 2.17. The summed E-state index contributed by atoms with van der Waals surface area (Å²) in [7, 11) is 0. The molecule has 0 atom stereocenters. The summed E-state index contributed by atoms with van der Waals surface area (Å²) in [6, 6.07) is 5.82. The molecule has 90 valence electrons. The fourth-order valence-electron chi connectivity index (χ4n) is 1.55. The van der Waals surface area contributed by atoms with Gasteiger partial charge in [-0.2, -0.15) is 0 Å². The molecular formula is C13H16N2OS. The molecule has 0 spiro atoms. The van der Waals surface area contributed by atoms with Gasteiger partial charge in [0, 0.05) is 10.9 Å². The number of ether oxygens (including phenoxy) is 1. The number of rotatable bonds is 4. The van der Waals surface area contributed by atoms with E-state index in [9.17, 15) is 0 Å². The van der Waals surface area contributed by atoms with E-state index in [1.807, 2.05) is 30.5 Å². The van der Waals surface area contributed by atoms with Crippen LogP contribution in [0.25, 0.3) is 11.3 Å². The van der Waals surface area contributed by atoms with E-state index < -0.39 is 0 Å². The second kappa shape index (κ2) is 5.19. The molecule has 0 amide bonds. The Labute approximate surface area is 105 Å². The SMILES string of the molecule is CCCOc1ccc(-c2csc(C)n2)cc1N. The highest BCUT2D eigenvalue weighted by molar-refractivity contribution is 7.09. The lowest BCUT2D eigenvalue weighted by molar-refractivity contribution is 0.319. The second-order valence-electron chi connectivity index (χ2n) is 3.85. The van der Waals surface area contributed by atoms with Crippen molar-refractivity contribution >= 4 is 17.0 Å². The van der Waals surface area contributed by atoms with E-state index in [1.54, 1.807) is 11.3 Å². The first-order chi connectivity index (χ1) is 8.20. The van der Waals surface area contributed by atoms with Crippen LogP contribution in [0.1, 0.15) is 18.4 Å². The third-order valence-electron chi connectivity index (χ3n) is 2.39. The largest absolute Gasteiger partial charge is 0.491 e. The Kier molecular flexibility index (Phi) is 3.64. The van der Waals surface area contributed by atoms with Gasteiger partial charge in [-0.05, 0) is 31.5 Å². The summed E-state index contributed by atoms with van der Waals surface area (Å²) in [5.41, 5.74) is 8.64. The number of hydrogen-bond donors (Lipinski definition) is 1. The van der Waals surface area contributed by atoms with Crippen molar-refractivity contribution in [1.29, 1.82) is 0 Å². The van der Waals surface area contributed by atoms with Gasteiger partial charge >= 0.3 is 0 Å². The minimum absolute atomic E-state index is 0.668. The van der Waals surface area contributed by atoms with Crippen molar-refractivity contribution in [2.24, 2.45) is 0 Å². The van der Waals surface area contributed by atoms with Gasteiger partial charge in [0.2, 0.25) is 0 Å². The van der Waals surface area contributed by atoms with Crippen molar-refractivity contribution < 1.29 is 4.74 Å². The molecule has 0 unspecified atom stereocenters. The van der Waals surface area contributed by atoms with Gasteiger partial charge in [0.1, 0.15) is 5.75 Å². The summed E-state index contributed by atoms with van der Waals surface area (Å²) in [5.74, 6) is 0.752. The van der Waals surface area contributed by atoms with Crippen LogP contribution in [0.15, 0.2) is 23.6 Å². The standard InChI is InChI=1S/C13H16N2OS/c1-3-6-16-13-5-4-10(7-11(13)14)12-8-17-9(2)15-12/h4-5,7-8H,3,6,14H2,1-2H3. The first kappa shape index (κ1) is 11.9. The molecule has 2 aromatic rings. The number of benzene rings is 1. The molecule has 17 heavy (non-hydrogen) atoms. The van der Waals surface area contributed by atoms with Crippen molar-refractivity contribution in [2.75, 3.05) is 12.3 Å². The molecule has 0 saturated carbocycles. The van der Waals surface area contributed by atoms with E-state index >= 15 is 0 Å². The summed E-state index contributed by atoms with van der Waals surface area (Å²) >= 11 is 1.64. The van der Waals surface area contributed by atoms with Crippen LogP contribution in [0.5, 0.6) is 5.75 Å². The lowest BCUT2D eigenvalue weighted by atomic mass is 10.1. The molecule has 2 rings (SSSR count). The molecule has 0 fully saturated rings. The molecule has 0 aliphatic rings. The molecule has 0 radical (unpaired) electrons. The van der Waals surface area contributed by atoms with E-state index in [4.69, 9.17) is 10.5 Å². The van der Waals surface area contributed by atoms with E-state index in [0.29, 0.717) is 12.3 Å². The molecule has 0 bridgehead atoms. The minimum Gasteiger partial charge on any atom is -0.491 e. The van der Waals surface area contributed by atoms with E-state index in [1.165, 1.54) is 0 Å². The number of hydrogen-bond acceptors (Lipinski definition) is 4. The quantitative estimate of drug-likeness (QED) is 0.842. The molecule has 4 heteroatoms. The van der Waals surface area contributed by atoms with Gasteiger partial charge < -0.3 is 10.5 Å². The molecule has 2 N–H and O–H groups in total. The van der Waals surface area contributed by atoms with Crippen LogP contribution < -0.4 is 10.5 Å². The monoisotopic (exact) mass is 248 g/mol. The topological polar surface area (TPSA) is 48.1 Å². The maximum atomic E-state index is 5.96. The van der Waals surface area contributed by atoms with Crippen LogP contribution in [0.4, 0.5) is 5.69 Å². The number of nitrogens with zero attached hydrogens (tertiary/aromatic N) is 1. The van der Waals surface area contributed by atoms with Crippen molar-refractivity contribution in [3.63, 3.8) is 0 Å². The molecule has 1 heterocycles. The molecule has 0 aliphatic heterocycles. The Morgan fingerprint density at radius 1 is 1.41 bits per heavy atom. The molecule has 1 aromatic heterocycles. The van der Waals surface area contributed by atoms with Gasteiger partial charge in [-0.15, -0.1) is 11.3 Å². The van der Waals surface area contributed by atoms with Gasteiger partial charge in [0.15, 0.2) is 0 Å². The Morgan fingerprint density at radius 2 is 2.24 bits per heavy atom. The number of nitrogen functional groups attached to an aromatic ring is 1. The first-order valence-electron chi connectivity index (χ1n) is 5.65.